The fourth-order valence-electron chi connectivity index (χ4n) is 3.04. The summed E-state index contributed by atoms with van der Waals surface area (Å²) in [5.74, 6) is 0.491. The Balaban J connectivity index is 1.89. The van der Waals surface area contributed by atoms with Gasteiger partial charge in [0.25, 0.3) is 0 Å². The van der Waals surface area contributed by atoms with Crippen molar-refractivity contribution in [3.8, 4) is 0 Å². The zero-order valence-corrected chi connectivity index (χ0v) is 12.7. The summed E-state index contributed by atoms with van der Waals surface area (Å²) in [5, 5.41) is 2.04. The fraction of sp³-hybridized carbons (Fsp3) is 0.500. The van der Waals surface area contributed by atoms with E-state index >= 15 is 0 Å². The Morgan fingerprint density at radius 1 is 1.29 bits per heavy atom. The highest BCUT2D eigenvalue weighted by molar-refractivity contribution is 5.72. The van der Waals surface area contributed by atoms with Crippen LogP contribution in [-0.2, 0) is 0 Å². The van der Waals surface area contributed by atoms with Crippen molar-refractivity contribution in [1.82, 2.24) is 9.80 Å². The van der Waals surface area contributed by atoms with Crippen LogP contribution in [0.4, 0.5) is 4.79 Å². The molecule has 2 atom stereocenters. The van der Waals surface area contributed by atoms with E-state index in [1.165, 1.54) is 5.56 Å². The highest BCUT2D eigenvalue weighted by atomic mass is 16.2. The first-order chi connectivity index (χ1) is 10.1. The molecule has 0 aromatic heterocycles. The van der Waals surface area contributed by atoms with Gasteiger partial charge in [0.05, 0.1) is 6.04 Å². The largest absolute Gasteiger partial charge is 0.472 e. The van der Waals surface area contributed by atoms with E-state index in [0.29, 0.717) is 12.0 Å². The number of rotatable bonds is 5. The molecular formula is C16H26N4O. The Morgan fingerprint density at radius 2 is 1.90 bits per heavy atom. The number of carbonyl (C=O) groups excluding carboxylic acids is 1. The number of piperazine rings is 1. The van der Waals surface area contributed by atoms with E-state index in [-0.39, 0.29) is 6.03 Å². The van der Waals surface area contributed by atoms with Crippen LogP contribution in [0.2, 0.25) is 0 Å². The number of hydrogen-bond acceptors (Lipinski definition) is 2. The molecule has 116 valence electrons. The summed E-state index contributed by atoms with van der Waals surface area (Å²) in [6, 6.07) is 10.6. The number of amides is 2. The van der Waals surface area contributed by atoms with Gasteiger partial charge in [0, 0.05) is 44.2 Å². The second kappa shape index (κ2) is 7.43. The molecule has 0 radical (unpaired) electrons. The van der Waals surface area contributed by atoms with Crippen LogP contribution in [0, 0.1) is 13.0 Å². The van der Waals surface area contributed by atoms with Gasteiger partial charge >= 0.3 is 6.03 Å². The van der Waals surface area contributed by atoms with E-state index < -0.39 is 0 Å². The molecule has 1 fully saturated rings. The highest BCUT2D eigenvalue weighted by Gasteiger charge is 2.25. The Bertz CT molecular complexity index is 443. The summed E-state index contributed by atoms with van der Waals surface area (Å²) in [4.78, 5) is 15.3. The van der Waals surface area contributed by atoms with Crippen molar-refractivity contribution in [2.24, 2.45) is 11.7 Å². The molecule has 1 heterocycles. The fourth-order valence-corrected chi connectivity index (χ4v) is 3.04. The number of primary amides is 1. The first-order valence-electron chi connectivity index (χ1n) is 7.56. The number of benzene rings is 1. The number of hydrogen-bond donors (Lipinski definition) is 2. The summed E-state index contributed by atoms with van der Waals surface area (Å²) in [7, 11) is 4.00. The van der Waals surface area contributed by atoms with Crippen LogP contribution in [0.5, 0.6) is 0 Å². The van der Waals surface area contributed by atoms with Gasteiger partial charge in [-0.3, -0.25) is 4.90 Å². The van der Waals surface area contributed by atoms with Gasteiger partial charge in [-0.1, -0.05) is 37.3 Å². The van der Waals surface area contributed by atoms with Crippen molar-refractivity contribution in [2.45, 2.75) is 13.0 Å². The molecule has 0 spiro atoms. The zero-order chi connectivity index (χ0) is 15.2. The first kappa shape index (κ1) is 15.8. The van der Waals surface area contributed by atoms with Gasteiger partial charge < -0.3 is 16.0 Å². The molecule has 21 heavy (non-hydrogen) atoms. The normalized spacial score (nSPS) is 19.2. The van der Waals surface area contributed by atoms with E-state index in [1.54, 1.807) is 4.90 Å². The van der Waals surface area contributed by atoms with Gasteiger partial charge in [-0.15, -0.1) is 0 Å². The van der Waals surface area contributed by atoms with Crippen LogP contribution in [0.1, 0.15) is 18.5 Å². The average molecular weight is 290 g/mol. The van der Waals surface area contributed by atoms with Crippen molar-refractivity contribution in [1.29, 1.82) is 0 Å². The van der Waals surface area contributed by atoms with Crippen molar-refractivity contribution in [3.05, 3.63) is 42.9 Å². The number of nitrogens with zero attached hydrogens (tertiary/aromatic N) is 2. The van der Waals surface area contributed by atoms with E-state index in [0.717, 1.165) is 32.7 Å². The van der Waals surface area contributed by atoms with Gasteiger partial charge in [-0.05, 0) is 0 Å². The summed E-state index contributed by atoms with van der Waals surface area (Å²) in [6.07, 6.45) is 0. The van der Waals surface area contributed by atoms with Crippen molar-refractivity contribution >= 4 is 6.03 Å². The molecule has 4 N–H and O–H groups in total. The smallest absolute Gasteiger partial charge is 0.314 e. The second-order valence-corrected chi connectivity index (χ2v) is 5.78. The maximum Gasteiger partial charge on any atom is 0.314 e. The molecular weight excluding hydrogens is 264 g/mol. The Hall–Kier alpha value is -1.59. The molecule has 1 saturated heterocycles. The molecule has 1 aliphatic heterocycles. The minimum absolute atomic E-state index is 0.309. The number of quaternary nitrogens is 1. The summed E-state index contributed by atoms with van der Waals surface area (Å²) in [5.41, 5.74) is 6.63. The van der Waals surface area contributed by atoms with Crippen LogP contribution < -0.4 is 11.1 Å². The Kier molecular flexibility index (Phi) is 5.59. The molecule has 1 aromatic rings. The quantitative estimate of drug-likeness (QED) is 0.772. The molecule has 0 unspecified atom stereocenters. The SMILES string of the molecule is [CH2-][NH2+][C@@H](c1ccccc1)[C@@H](C)CN1CCN(C(N)=O)CC1. The van der Waals surface area contributed by atoms with Crippen LogP contribution in [0.3, 0.4) is 0 Å². The Labute approximate surface area is 127 Å². The molecule has 0 bridgehead atoms. The van der Waals surface area contributed by atoms with Crippen molar-refractivity contribution in [3.63, 3.8) is 0 Å². The lowest BCUT2D eigenvalue weighted by Gasteiger charge is -2.36. The lowest BCUT2D eigenvalue weighted by molar-refractivity contribution is -0.648. The zero-order valence-electron chi connectivity index (χ0n) is 12.7. The van der Waals surface area contributed by atoms with Gasteiger partial charge in [0.1, 0.15) is 0 Å². The minimum Gasteiger partial charge on any atom is -0.472 e. The van der Waals surface area contributed by atoms with Crippen molar-refractivity contribution in [2.75, 3.05) is 32.7 Å². The molecule has 2 amide bonds. The third-order valence-electron chi connectivity index (χ3n) is 4.28. The Morgan fingerprint density at radius 3 is 2.43 bits per heavy atom. The predicted molar refractivity (Wildman–Crippen MR) is 83.2 cm³/mol. The van der Waals surface area contributed by atoms with E-state index in [1.807, 2.05) is 11.4 Å². The number of nitrogens with two attached hydrogens (primary N) is 2. The highest BCUT2D eigenvalue weighted by Crippen LogP contribution is 2.19. The standard InChI is InChI=1S/C16H26N4O/c1-13(15(18-2)14-6-4-3-5-7-14)12-19-8-10-20(11-9-19)16(17)21/h3-7,13,15H,2,8-12,18H2,1H3,(H2,17,21)/t13-,15+/m0/s1. The molecule has 1 aromatic carbocycles. The molecule has 5 heteroatoms. The lowest BCUT2D eigenvalue weighted by atomic mass is 9.94. The van der Waals surface area contributed by atoms with Crippen LogP contribution in [-0.4, -0.2) is 48.6 Å². The number of carbonyl (C=O) groups is 1. The van der Waals surface area contributed by atoms with Gasteiger partial charge in [0.15, 0.2) is 0 Å². The maximum atomic E-state index is 11.1. The third-order valence-corrected chi connectivity index (χ3v) is 4.28. The van der Waals surface area contributed by atoms with Gasteiger partial charge in [0.2, 0.25) is 0 Å². The summed E-state index contributed by atoms with van der Waals surface area (Å²) >= 11 is 0. The predicted octanol–water partition coefficient (Wildman–Crippen LogP) is 0.415. The number of urea groups is 1. The van der Waals surface area contributed by atoms with Gasteiger partial charge in [-0.2, -0.15) is 7.05 Å². The molecule has 1 aliphatic rings. The van der Waals surface area contributed by atoms with E-state index in [2.05, 4.69) is 43.1 Å². The summed E-state index contributed by atoms with van der Waals surface area (Å²) in [6.45, 7) is 6.52. The second-order valence-electron chi connectivity index (χ2n) is 5.78. The molecule has 0 aliphatic carbocycles. The van der Waals surface area contributed by atoms with Gasteiger partial charge in [-0.25, -0.2) is 4.79 Å². The first-order valence-corrected chi connectivity index (χ1v) is 7.56. The minimum atomic E-state index is -0.309. The van der Waals surface area contributed by atoms with Crippen LogP contribution >= 0.6 is 0 Å². The van der Waals surface area contributed by atoms with E-state index in [9.17, 15) is 4.79 Å². The average Bonchev–Trinajstić information content (AvgIpc) is 2.49. The monoisotopic (exact) mass is 290 g/mol. The lowest BCUT2D eigenvalue weighted by Crippen LogP contribution is -2.80. The maximum absolute atomic E-state index is 11.1. The molecule has 0 saturated carbocycles. The third kappa shape index (κ3) is 4.19. The molecule has 2 rings (SSSR count). The van der Waals surface area contributed by atoms with Crippen molar-refractivity contribution < 1.29 is 10.1 Å². The van der Waals surface area contributed by atoms with Crippen LogP contribution in [0.15, 0.2) is 30.3 Å². The summed E-state index contributed by atoms with van der Waals surface area (Å²) < 4.78 is 0. The molecule has 5 nitrogen and oxygen atoms in total. The topological polar surface area (TPSA) is 66.2 Å². The van der Waals surface area contributed by atoms with Crippen LogP contribution in [0.25, 0.3) is 0 Å². The van der Waals surface area contributed by atoms with E-state index in [4.69, 9.17) is 5.73 Å².